The summed E-state index contributed by atoms with van der Waals surface area (Å²) in [5.41, 5.74) is 7.12. The van der Waals surface area contributed by atoms with Crippen LogP contribution in [0.15, 0.2) is 51.3 Å². The van der Waals surface area contributed by atoms with E-state index in [-0.39, 0.29) is 11.7 Å². The first-order valence-corrected chi connectivity index (χ1v) is 9.47. The lowest BCUT2D eigenvalue weighted by molar-refractivity contribution is -0.115. The van der Waals surface area contributed by atoms with Gasteiger partial charge in [0.15, 0.2) is 8.68 Å². The van der Waals surface area contributed by atoms with E-state index in [0.717, 1.165) is 25.8 Å². The minimum atomic E-state index is -0.356. The lowest BCUT2D eigenvalue weighted by Crippen LogP contribution is -2.12. The molecule has 23 heavy (non-hydrogen) atoms. The Morgan fingerprint density at radius 1 is 1.13 bits per heavy atom. The molecule has 2 aromatic heterocycles. The van der Waals surface area contributed by atoms with Gasteiger partial charge in [0, 0.05) is 11.9 Å². The van der Waals surface area contributed by atoms with E-state index >= 15 is 0 Å². The Bertz CT molecular complexity index is 787. The highest BCUT2D eigenvalue weighted by atomic mass is 32.2. The molecular weight excluding hydrogens is 350 g/mol. The van der Waals surface area contributed by atoms with Crippen molar-refractivity contribution in [3.63, 3.8) is 0 Å². The quantitative estimate of drug-likeness (QED) is 0.649. The van der Waals surface area contributed by atoms with Gasteiger partial charge < -0.3 is 5.73 Å². The van der Waals surface area contributed by atoms with Gasteiger partial charge in [0.25, 0.3) is 0 Å². The second-order valence-corrected chi connectivity index (χ2v) is 7.89. The van der Waals surface area contributed by atoms with Gasteiger partial charge in [0.1, 0.15) is 0 Å². The third-order valence-corrected chi connectivity index (χ3v) is 5.98. The average Bonchev–Trinajstić information content (AvgIpc) is 3.21. The molecule has 3 rings (SSSR count). The number of rotatable bonds is 7. The zero-order valence-corrected chi connectivity index (χ0v) is 14.4. The summed E-state index contributed by atoms with van der Waals surface area (Å²) in [4.78, 5) is 10.8. The molecule has 0 atom stereocenters. The highest BCUT2D eigenvalue weighted by Gasteiger charge is 2.08. The van der Waals surface area contributed by atoms with Crippen LogP contribution in [0.3, 0.4) is 0 Å². The van der Waals surface area contributed by atoms with E-state index in [1.54, 1.807) is 11.8 Å². The number of amides is 1. The summed E-state index contributed by atoms with van der Waals surface area (Å²) in [5, 5.41) is 12.7. The van der Waals surface area contributed by atoms with Gasteiger partial charge in [-0.25, -0.2) is 4.68 Å². The van der Waals surface area contributed by atoms with Gasteiger partial charge in [0.2, 0.25) is 5.91 Å². The second-order valence-electron chi connectivity index (χ2n) is 4.46. The maximum atomic E-state index is 10.8. The predicted molar refractivity (Wildman–Crippen MR) is 93.0 cm³/mol. The minimum absolute atomic E-state index is 0.223. The van der Waals surface area contributed by atoms with E-state index < -0.39 is 0 Å². The fourth-order valence-electron chi connectivity index (χ4n) is 1.75. The van der Waals surface area contributed by atoms with E-state index in [0.29, 0.717) is 0 Å². The van der Waals surface area contributed by atoms with E-state index in [4.69, 9.17) is 5.73 Å². The summed E-state index contributed by atoms with van der Waals surface area (Å²) in [6.45, 7) is 0. The van der Waals surface area contributed by atoms with Crippen LogP contribution in [0.2, 0.25) is 0 Å². The molecule has 1 amide bonds. The SMILES string of the molecule is NC(=O)CSc1nnc(SCc2ccn(-c3ccccc3)n2)s1. The number of carbonyl (C=O) groups is 1. The van der Waals surface area contributed by atoms with Crippen LogP contribution >= 0.6 is 34.9 Å². The van der Waals surface area contributed by atoms with Gasteiger partial charge in [-0.15, -0.1) is 10.2 Å². The molecule has 1 aromatic carbocycles. The lowest BCUT2D eigenvalue weighted by Gasteiger charge is -1.99. The molecular formula is C14H13N5OS3. The Morgan fingerprint density at radius 2 is 1.87 bits per heavy atom. The van der Waals surface area contributed by atoms with Gasteiger partial charge in [-0.1, -0.05) is 53.1 Å². The van der Waals surface area contributed by atoms with Crippen LogP contribution in [-0.4, -0.2) is 31.6 Å². The largest absolute Gasteiger partial charge is 0.369 e. The summed E-state index contributed by atoms with van der Waals surface area (Å²) in [6.07, 6.45) is 1.94. The number of carbonyl (C=O) groups excluding carboxylic acids is 1. The molecule has 0 unspecified atom stereocenters. The molecule has 118 valence electrons. The molecule has 0 aliphatic carbocycles. The fraction of sp³-hybridized carbons (Fsp3) is 0.143. The molecule has 0 saturated carbocycles. The third kappa shape index (κ3) is 4.57. The Balaban J connectivity index is 1.57. The van der Waals surface area contributed by atoms with Gasteiger partial charge in [-0.2, -0.15) is 5.10 Å². The molecule has 0 aliphatic heterocycles. The van der Waals surface area contributed by atoms with Crippen molar-refractivity contribution < 1.29 is 4.79 Å². The molecule has 0 saturated heterocycles. The second kappa shape index (κ2) is 7.62. The number of nitrogens with two attached hydrogens (primary N) is 1. The smallest absolute Gasteiger partial charge is 0.227 e. The minimum Gasteiger partial charge on any atom is -0.369 e. The van der Waals surface area contributed by atoms with E-state index in [2.05, 4.69) is 15.3 Å². The van der Waals surface area contributed by atoms with Crippen molar-refractivity contribution in [2.24, 2.45) is 5.73 Å². The number of primary amides is 1. The summed E-state index contributed by atoms with van der Waals surface area (Å²) in [6, 6.07) is 12.0. The summed E-state index contributed by atoms with van der Waals surface area (Å²) in [7, 11) is 0. The zero-order chi connectivity index (χ0) is 16.1. The van der Waals surface area contributed by atoms with Gasteiger partial charge in [-0.3, -0.25) is 4.79 Å². The highest BCUT2D eigenvalue weighted by Crippen LogP contribution is 2.30. The Hall–Kier alpha value is -1.84. The number of hydrogen-bond acceptors (Lipinski definition) is 7. The maximum Gasteiger partial charge on any atom is 0.227 e. The third-order valence-electron chi connectivity index (χ3n) is 2.73. The standard InChI is InChI=1S/C14H13N5OS3/c15-12(20)9-22-14-17-16-13(23-14)21-8-10-6-7-19(18-10)11-4-2-1-3-5-11/h1-7H,8-9H2,(H2,15,20). The van der Waals surface area contributed by atoms with Crippen molar-refractivity contribution in [1.82, 2.24) is 20.0 Å². The van der Waals surface area contributed by atoms with Crippen molar-refractivity contribution >= 4 is 40.8 Å². The van der Waals surface area contributed by atoms with Crippen molar-refractivity contribution in [2.45, 2.75) is 14.4 Å². The number of benzene rings is 1. The normalized spacial score (nSPS) is 10.8. The molecule has 0 radical (unpaired) electrons. The summed E-state index contributed by atoms with van der Waals surface area (Å²) >= 11 is 4.35. The Kier molecular flexibility index (Phi) is 5.31. The molecule has 6 nitrogen and oxygen atoms in total. The fourth-order valence-corrected chi connectivity index (χ4v) is 4.40. The van der Waals surface area contributed by atoms with Gasteiger partial charge in [-0.05, 0) is 18.2 Å². The monoisotopic (exact) mass is 363 g/mol. The predicted octanol–water partition coefficient (Wildman–Crippen LogP) is 2.59. The molecule has 0 spiro atoms. The van der Waals surface area contributed by atoms with Crippen LogP contribution in [0, 0.1) is 0 Å². The first-order chi connectivity index (χ1) is 11.2. The molecule has 0 bridgehead atoms. The topological polar surface area (TPSA) is 86.7 Å². The zero-order valence-electron chi connectivity index (χ0n) is 12.0. The van der Waals surface area contributed by atoms with Crippen molar-refractivity contribution in [1.29, 1.82) is 0 Å². The number of para-hydroxylation sites is 1. The first kappa shape index (κ1) is 16.0. The Labute approximate surface area is 145 Å². The average molecular weight is 363 g/mol. The van der Waals surface area contributed by atoms with Crippen LogP contribution in [0.5, 0.6) is 0 Å². The summed E-state index contributed by atoms with van der Waals surface area (Å²) in [5.74, 6) is 0.585. The van der Waals surface area contributed by atoms with E-state index in [1.807, 2.05) is 47.3 Å². The molecule has 2 N–H and O–H groups in total. The molecule has 9 heteroatoms. The van der Waals surface area contributed by atoms with Crippen molar-refractivity contribution in [3.8, 4) is 5.69 Å². The Morgan fingerprint density at radius 3 is 2.61 bits per heavy atom. The van der Waals surface area contributed by atoms with E-state index in [1.165, 1.54) is 23.1 Å². The van der Waals surface area contributed by atoms with Gasteiger partial charge >= 0.3 is 0 Å². The van der Waals surface area contributed by atoms with Crippen LogP contribution in [0.4, 0.5) is 0 Å². The number of thioether (sulfide) groups is 2. The molecule has 0 aliphatic rings. The van der Waals surface area contributed by atoms with E-state index in [9.17, 15) is 4.79 Å². The first-order valence-electron chi connectivity index (χ1n) is 6.68. The van der Waals surface area contributed by atoms with Crippen LogP contribution < -0.4 is 5.73 Å². The molecule has 0 fully saturated rings. The molecule has 2 heterocycles. The van der Waals surface area contributed by atoms with Crippen molar-refractivity contribution in [3.05, 3.63) is 48.3 Å². The van der Waals surface area contributed by atoms with Gasteiger partial charge in [0.05, 0.1) is 17.1 Å². The molecule has 3 aromatic rings. The van der Waals surface area contributed by atoms with Crippen molar-refractivity contribution in [2.75, 3.05) is 5.75 Å². The van der Waals surface area contributed by atoms with Crippen LogP contribution in [-0.2, 0) is 10.5 Å². The summed E-state index contributed by atoms with van der Waals surface area (Å²) < 4.78 is 3.46. The highest BCUT2D eigenvalue weighted by molar-refractivity contribution is 8.03. The number of nitrogens with zero attached hydrogens (tertiary/aromatic N) is 4. The van der Waals surface area contributed by atoms with Crippen LogP contribution in [0.1, 0.15) is 5.69 Å². The lowest BCUT2D eigenvalue weighted by atomic mass is 10.3. The number of aromatic nitrogens is 4. The number of hydrogen-bond donors (Lipinski definition) is 1. The maximum absolute atomic E-state index is 10.8. The van der Waals surface area contributed by atoms with Crippen LogP contribution in [0.25, 0.3) is 5.69 Å².